The first kappa shape index (κ1) is 22.3. The van der Waals surface area contributed by atoms with Crippen molar-refractivity contribution in [1.82, 2.24) is 14.3 Å². The third-order valence-corrected chi connectivity index (χ3v) is 5.59. The van der Waals surface area contributed by atoms with E-state index in [0.29, 0.717) is 49.0 Å². The van der Waals surface area contributed by atoms with Gasteiger partial charge >= 0.3 is 0 Å². The van der Waals surface area contributed by atoms with Gasteiger partial charge in [-0.1, -0.05) is 18.2 Å². The summed E-state index contributed by atoms with van der Waals surface area (Å²) in [4.78, 5) is 39.6. The van der Waals surface area contributed by atoms with Gasteiger partial charge in [-0.3, -0.25) is 19.1 Å². The summed E-state index contributed by atoms with van der Waals surface area (Å²) in [7, 11) is 1.76. The molecule has 9 heteroatoms. The minimum absolute atomic E-state index is 0.0585. The van der Waals surface area contributed by atoms with Gasteiger partial charge in [0.2, 0.25) is 0 Å². The Morgan fingerprint density at radius 2 is 1.70 bits per heavy atom. The predicted molar refractivity (Wildman–Crippen MR) is 123 cm³/mol. The molecule has 1 saturated heterocycles. The number of para-hydroxylation sites is 1. The van der Waals surface area contributed by atoms with E-state index in [1.165, 1.54) is 4.68 Å². The maximum atomic E-state index is 12.9. The smallest absolute Gasteiger partial charge is 0.295 e. The number of rotatable bonds is 6. The van der Waals surface area contributed by atoms with Crippen LogP contribution in [0, 0.1) is 6.92 Å². The first-order valence-corrected chi connectivity index (χ1v) is 10.7. The highest BCUT2D eigenvalue weighted by Crippen LogP contribution is 2.16. The van der Waals surface area contributed by atoms with Crippen LogP contribution in [0.5, 0.6) is 5.75 Å². The van der Waals surface area contributed by atoms with E-state index in [2.05, 4.69) is 5.32 Å². The van der Waals surface area contributed by atoms with E-state index in [1.807, 2.05) is 30.3 Å². The van der Waals surface area contributed by atoms with E-state index in [4.69, 9.17) is 9.47 Å². The third-order valence-electron chi connectivity index (χ3n) is 5.59. The molecule has 2 heterocycles. The predicted octanol–water partition coefficient (Wildman–Crippen LogP) is 1.97. The molecular formula is C24H26N4O5. The van der Waals surface area contributed by atoms with Crippen LogP contribution in [0.1, 0.15) is 16.1 Å². The van der Waals surface area contributed by atoms with Gasteiger partial charge in [-0.25, -0.2) is 4.68 Å². The van der Waals surface area contributed by atoms with Crippen molar-refractivity contribution in [3.8, 4) is 11.4 Å². The highest BCUT2D eigenvalue weighted by molar-refractivity contribution is 5.94. The van der Waals surface area contributed by atoms with Crippen molar-refractivity contribution in [2.75, 3.05) is 38.2 Å². The van der Waals surface area contributed by atoms with Gasteiger partial charge in [0.05, 0.1) is 24.6 Å². The van der Waals surface area contributed by atoms with Crippen LogP contribution in [0.2, 0.25) is 0 Å². The van der Waals surface area contributed by atoms with E-state index in [-0.39, 0.29) is 23.8 Å². The lowest BCUT2D eigenvalue weighted by Gasteiger charge is -2.26. The van der Waals surface area contributed by atoms with Gasteiger partial charge in [-0.2, -0.15) is 0 Å². The highest BCUT2D eigenvalue weighted by Gasteiger charge is 2.20. The van der Waals surface area contributed by atoms with Crippen molar-refractivity contribution >= 4 is 17.5 Å². The summed E-state index contributed by atoms with van der Waals surface area (Å²) in [5.74, 6) is -0.0542. The van der Waals surface area contributed by atoms with Crippen molar-refractivity contribution in [3.63, 3.8) is 0 Å². The fraction of sp³-hybridized carbons (Fsp3) is 0.292. The molecule has 9 nitrogen and oxygen atoms in total. The fourth-order valence-electron chi connectivity index (χ4n) is 3.68. The van der Waals surface area contributed by atoms with Crippen molar-refractivity contribution in [3.05, 3.63) is 76.2 Å². The Bertz CT molecular complexity index is 1190. The van der Waals surface area contributed by atoms with Crippen LogP contribution in [-0.4, -0.2) is 59.0 Å². The Kier molecular flexibility index (Phi) is 6.60. The quantitative estimate of drug-likeness (QED) is 0.620. The van der Waals surface area contributed by atoms with Crippen LogP contribution in [0.25, 0.3) is 5.69 Å². The summed E-state index contributed by atoms with van der Waals surface area (Å²) in [6, 6.07) is 15.8. The molecule has 0 bridgehead atoms. The second-order valence-corrected chi connectivity index (χ2v) is 7.70. The second kappa shape index (κ2) is 9.74. The number of morpholine rings is 1. The molecule has 4 rings (SSSR count). The van der Waals surface area contributed by atoms with Gasteiger partial charge in [0.15, 0.2) is 6.61 Å². The molecule has 2 aromatic carbocycles. The van der Waals surface area contributed by atoms with Crippen molar-refractivity contribution < 1.29 is 19.1 Å². The molecule has 1 fully saturated rings. The van der Waals surface area contributed by atoms with Crippen molar-refractivity contribution in [2.45, 2.75) is 6.92 Å². The highest BCUT2D eigenvalue weighted by atomic mass is 16.5. The Balaban J connectivity index is 1.38. The van der Waals surface area contributed by atoms with E-state index < -0.39 is 5.91 Å². The van der Waals surface area contributed by atoms with E-state index in [0.717, 1.165) is 0 Å². The summed E-state index contributed by atoms with van der Waals surface area (Å²) in [5, 5.41) is 2.66. The maximum absolute atomic E-state index is 12.9. The summed E-state index contributed by atoms with van der Waals surface area (Å²) in [5.41, 5.74) is 1.77. The number of ether oxygens (including phenoxy) is 2. The molecule has 1 aliphatic heterocycles. The number of benzene rings is 2. The molecule has 1 aromatic heterocycles. The molecule has 172 valence electrons. The Morgan fingerprint density at radius 3 is 2.36 bits per heavy atom. The number of hydrogen-bond acceptors (Lipinski definition) is 5. The fourth-order valence-corrected chi connectivity index (χ4v) is 3.68. The normalized spacial score (nSPS) is 13.6. The summed E-state index contributed by atoms with van der Waals surface area (Å²) >= 11 is 0. The number of aromatic nitrogens is 2. The van der Waals surface area contributed by atoms with Gasteiger partial charge in [0.1, 0.15) is 11.4 Å². The molecule has 3 aromatic rings. The topological polar surface area (TPSA) is 94.8 Å². The molecule has 0 saturated carbocycles. The molecular weight excluding hydrogens is 424 g/mol. The van der Waals surface area contributed by atoms with Crippen molar-refractivity contribution in [1.29, 1.82) is 0 Å². The molecule has 2 amide bonds. The minimum Gasteiger partial charge on any atom is -0.484 e. The van der Waals surface area contributed by atoms with Gasteiger partial charge < -0.3 is 19.7 Å². The molecule has 33 heavy (non-hydrogen) atoms. The van der Waals surface area contributed by atoms with Crippen LogP contribution >= 0.6 is 0 Å². The number of carbonyl (C=O) groups excluding carboxylic acids is 2. The van der Waals surface area contributed by atoms with Crippen molar-refractivity contribution in [2.24, 2.45) is 7.05 Å². The first-order chi connectivity index (χ1) is 16.0. The Hall–Kier alpha value is -3.85. The van der Waals surface area contributed by atoms with Crippen LogP contribution in [0.4, 0.5) is 5.69 Å². The van der Waals surface area contributed by atoms with Crippen LogP contribution in [0.3, 0.4) is 0 Å². The molecule has 0 radical (unpaired) electrons. The molecule has 0 unspecified atom stereocenters. The van der Waals surface area contributed by atoms with Crippen LogP contribution in [-0.2, 0) is 16.6 Å². The van der Waals surface area contributed by atoms with E-state index in [1.54, 1.807) is 47.8 Å². The molecule has 0 aliphatic carbocycles. The zero-order valence-electron chi connectivity index (χ0n) is 18.6. The van der Waals surface area contributed by atoms with Gasteiger partial charge in [0.25, 0.3) is 17.4 Å². The lowest BCUT2D eigenvalue weighted by atomic mass is 10.2. The molecule has 1 N–H and O–H groups in total. The van der Waals surface area contributed by atoms with E-state index >= 15 is 0 Å². The third kappa shape index (κ3) is 4.83. The number of hydrogen-bond donors (Lipinski definition) is 1. The van der Waals surface area contributed by atoms with E-state index in [9.17, 15) is 14.4 Å². The zero-order valence-corrected chi connectivity index (χ0v) is 18.6. The largest absolute Gasteiger partial charge is 0.484 e. The Labute approximate surface area is 191 Å². The van der Waals surface area contributed by atoms with Gasteiger partial charge in [-0.15, -0.1) is 0 Å². The summed E-state index contributed by atoms with van der Waals surface area (Å²) in [6.45, 7) is 3.72. The zero-order chi connectivity index (χ0) is 23.4. The van der Waals surface area contributed by atoms with Crippen LogP contribution < -0.4 is 15.6 Å². The van der Waals surface area contributed by atoms with Gasteiger partial charge in [0, 0.05) is 25.7 Å². The number of nitrogens with one attached hydrogen (secondary N) is 1. The number of nitrogens with zero attached hydrogens (tertiary/aromatic N) is 3. The summed E-state index contributed by atoms with van der Waals surface area (Å²) < 4.78 is 14.0. The SMILES string of the molecule is Cc1c(NC(=O)COc2ccc(C(=O)N3CCOCC3)cc2)c(=O)n(-c2ccccc2)n1C. The molecule has 0 spiro atoms. The van der Waals surface area contributed by atoms with Gasteiger partial charge in [-0.05, 0) is 43.3 Å². The molecule has 1 aliphatic rings. The van der Waals surface area contributed by atoms with Crippen LogP contribution in [0.15, 0.2) is 59.4 Å². The average molecular weight is 450 g/mol. The maximum Gasteiger partial charge on any atom is 0.295 e. The summed E-state index contributed by atoms with van der Waals surface area (Å²) in [6.07, 6.45) is 0. The average Bonchev–Trinajstić information content (AvgIpc) is 3.06. The standard InChI is InChI=1S/C24H26N4O5/c1-17-22(24(31)28(26(17)2)19-6-4-3-5-7-19)25-21(29)16-33-20-10-8-18(9-11-20)23(30)27-12-14-32-15-13-27/h3-11H,12-16H2,1-2H3,(H,25,29). The number of carbonyl (C=O) groups is 2. The first-order valence-electron chi connectivity index (χ1n) is 10.7. The lowest BCUT2D eigenvalue weighted by molar-refractivity contribution is -0.118. The lowest BCUT2D eigenvalue weighted by Crippen LogP contribution is -2.40. The number of anilines is 1. The second-order valence-electron chi connectivity index (χ2n) is 7.70. The Morgan fingerprint density at radius 1 is 1.03 bits per heavy atom. The number of amides is 2. The minimum atomic E-state index is -0.450. The monoisotopic (exact) mass is 450 g/mol. The molecule has 0 atom stereocenters.